The van der Waals surface area contributed by atoms with Crippen molar-refractivity contribution in [1.29, 1.82) is 0 Å². The van der Waals surface area contributed by atoms with E-state index in [2.05, 4.69) is 10.3 Å². The van der Waals surface area contributed by atoms with Crippen LogP contribution in [0.3, 0.4) is 0 Å². The van der Waals surface area contributed by atoms with Crippen molar-refractivity contribution in [2.24, 2.45) is 5.14 Å². The number of thiazole rings is 1. The molecule has 120 valence electrons. The molecule has 0 radical (unpaired) electrons. The number of carbonyl (C=O) groups excluding carboxylic acids is 1. The van der Waals surface area contributed by atoms with Crippen LogP contribution in [0.5, 0.6) is 0 Å². The molecule has 0 saturated heterocycles. The molecule has 0 atom stereocenters. The molecule has 1 aromatic rings. The fraction of sp³-hybridized carbons (Fsp3) is 0.667. The Bertz CT molecular complexity index is 581. The van der Waals surface area contributed by atoms with E-state index >= 15 is 0 Å². The number of aromatic nitrogens is 1. The summed E-state index contributed by atoms with van der Waals surface area (Å²) in [6.07, 6.45) is 0.398. The maximum atomic E-state index is 11.9. The summed E-state index contributed by atoms with van der Waals surface area (Å²) in [6, 6.07) is 0. The van der Waals surface area contributed by atoms with E-state index < -0.39 is 15.4 Å². The predicted octanol–water partition coefficient (Wildman–Crippen LogP) is 1.07. The fourth-order valence-electron chi connectivity index (χ4n) is 1.53. The first-order valence-electron chi connectivity index (χ1n) is 6.54. The molecule has 0 aliphatic carbocycles. The number of nitrogens with zero attached hydrogens (tertiary/aromatic N) is 1. The SMILES string of the molecule is CCOC(=O)C(C)(C)c1csc(NCCCS(N)(=O)=O)n1. The number of primary sulfonamides is 1. The summed E-state index contributed by atoms with van der Waals surface area (Å²) in [5.41, 5.74) is -0.188. The number of nitrogens with two attached hydrogens (primary N) is 1. The average molecular weight is 335 g/mol. The smallest absolute Gasteiger partial charge is 0.317 e. The van der Waals surface area contributed by atoms with Gasteiger partial charge in [0.25, 0.3) is 0 Å². The highest BCUT2D eigenvalue weighted by Crippen LogP contribution is 2.28. The number of carbonyl (C=O) groups is 1. The van der Waals surface area contributed by atoms with Gasteiger partial charge in [0, 0.05) is 11.9 Å². The number of sulfonamides is 1. The van der Waals surface area contributed by atoms with Gasteiger partial charge in [0.1, 0.15) is 5.41 Å². The van der Waals surface area contributed by atoms with Gasteiger partial charge in [-0.25, -0.2) is 18.5 Å². The van der Waals surface area contributed by atoms with Crippen LogP contribution in [0.4, 0.5) is 5.13 Å². The molecule has 0 aromatic carbocycles. The van der Waals surface area contributed by atoms with Crippen molar-refractivity contribution in [3.8, 4) is 0 Å². The summed E-state index contributed by atoms with van der Waals surface area (Å²) in [4.78, 5) is 16.2. The Morgan fingerprint density at radius 2 is 2.19 bits per heavy atom. The first-order chi connectivity index (χ1) is 9.66. The van der Waals surface area contributed by atoms with Gasteiger partial charge >= 0.3 is 5.97 Å². The molecular weight excluding hydrogens is 314 g/mol. The van der Waals surface area contributed by atoms with Crippen LogP contribution in [0.2, 0.25) is 0 Å². The zero-order valence-corrected chi connectivity index (χ0v) is 14.0. The van der Waals surface area contributed by atoms with E-state index in [1.807, 2.05) is 0 Å². The lowest BCUT2D eigenvalue weighted by atomic mass is 9.90. The second-order valence-corrected chi connectivity index (χ2v) is 7.62. The largest absolute Gasteiger partial charge is 0.465 e. The van der Waals surface area contributed by atoms with Crippen molar-refractivity contribution >= 4 is 32.5 Å². The number of hydrogen-bond donors (Lipinski definition) is 2. The zero-order chi connectivity index (χ0) is 16.1. The van der Waals surface area contributed by atoms with Crippen molar-refractivity contribution in [3.05, 3.63) is 11.1 Å². The average Bonchev–Trinajstić information content (AvgIpc) is 2.83. The van der Waals surface area contributed by atoms with E-state index in [1.165, 1.54) is 11.3 Å². The molecule has 21 heavy (non-hydrogen) atoms. The van der Waals surface area contributed by atoms with E-state index in [4.69, 9.17) is 9.88 Å². The van der Waals surface area contributed by atoms with Gasteiger partial charge in [0.2, 0.25) is 10.0 Å². The topological polar surface area (TPSA) is 111 Å². The molecule has 1 rings (SSSR count). The fourth-order valence-corrected chi connectivity index (χ4v) is 2.98. The Kier molecular flexibility index (Phi) is 6.11. The molecular formula is C12H21N3O4S2. The monoisotopic (exact) mass is 335 g/mol. The summed E-state index contributed by atoms with van der Waals surface area (Å²) in [7, 11) is -3.43. The van der Waals surface area contributed by atoms with E-state index in [1.54, 1.807) is 26.2 Å². The van der Waals surface area contributed by atoms with Crippen LogP contribution >= 0.6 is 11.3 Å². The van der Waals surface area contributed by atoms with Gasteiger partial charge in [0.05, 0.1) is 18.1 Å². The molecule has 1 heterocycles. The lowest BCUT2D eigenvalue weighted by Gasteiger charge is -2.19. The van der Waals surface area contributed by atoms with Gasteiger partial charge in [-0.2, -0.15) is 0 Å². The predicted molar refractivity (Wildman–Crippen MR) is 82.9 cm³/mol. The van der Waals surface area contributed by atoms with E-state index in [0.29, 0.717) is 30.4 Å². The summed E-state index contributed by atoms with van der Waals surface area (Å²) >= 11 is 1.36. The van der Waals surface area contributed by atoms with Crippen LogP contribution in [0.25, 0.3) is 0 Å². The summed E-state index contributed by atoms with van der Waals surface area (Å²) in [5, 5.41) is 10.4. The molecule has 0 spiro atoms. The summed E-state index contributed by atoms with van der Waals surface area (Å²) < 4.78 is 26.6. The highest BCUT2D eigenvalue weighted by Gasteiger charge is 2.33. The summed E-state index contributed by atoms with van der Waals surface area (Å²) in [6.45, 7) is 6.04. The molecule has 0 aliphatic rings. The van der Waals surface area contributed by atoms with Gasteiger partial charge in [-0.05, 0) is 27.2 Å². The van der Waals surface area contributed by atoms with E-state index in [9.17, 15) is 13.2 Å². The number of nitrogens with one attached hydrogen (secondary N) is 1. The van der Waals surface area contributed by atoms with Gasteiger partial charge in [-0.15, -0.1) is 11.3 Å². The first kappa shape index (κ1) is 17.9. The van der Waals surface area contributed by atoms with Crippen molar-refractivity contribution in [3.63, 3.8) is 0 Å². The van der Waals surface area contributed by atoms with E-state index in [0.717, 1.165) is 0 Å². The minimum absolute atomic E-state index is 0.0768. The summed E-state index contributed by atoms with van der Waals surface area (Å²) in [5.74, 6) is -0.400. The number of rotatable bonds is 8. The Morgan fingerprint density at radius 1 is 1.52 bits per heavy atom. The van der Waals surface area contributed by atoms with Gasteiger partial charge in [0.15, 0.2) is 5.13 Å². The van der Waals surface area contributed by atoms with Gasteiger partial charge in [-0.1, -0.05) is 0 Å². The number of ether oxygens (including phenoxy) is 1. The molecule has 0 bridgehead atoms. The Hall–Kier alpha value is -1.19. The quantitative estimate of drug-likeness (QED) is 0.543. The highest BCUT2D eigenvalue weighted by atomic mass is 32.2. The van der Waals surface area contributed by atoms with Crippen LogP contribution in [0.15, 0.2) is 5.38 Å². The van der Waals surface area contributed by atoms with Crippen LogP contribution in [-0.2, 0) is 25.0 Å². The first-order valence-corrected chi connectivity index (χ1v) is 9.14. The van der Waals surface area contributed by atoms with E-state index in [-0.39, 0.29) is 11.7 Å². The minimum Gasteiger partial charge on any atom is -0.465 e. The molecule has 3 N–H and O–H groups in total. The zero-order valence-electron chi connectivity index (χ0n) is 12.4. The molecule has 9 heteroatoms. The van der Waals surface area contributed by atoms with Gasteiger partial charge in [-0.3, -0.25) is 4.79 Å². The maximum absolute atomic E-state index is 11.9. The van der Waals surface area contributed by atoms with Crippen LogP contribution in [0.1, 0.15) is 32.9 Å². The Balaban J connectivity index is 2.58. The van der Waals surface area contributed by atoms with Crippen LogP contribution in [-0.4, -0.2) is 38.3 Å². The number of esters is 1. The molecule has 0 fully saturated rings. The Morgan fingerprint density at radius 3 is 2.76 bits per heavy atom. The Labute approximate surface area is 129 Å². The minimum atomic E-state index is -3.43. The van der Waals surface area contributed by atoms with Crippen molar-refractivity contribution in [1.82, 2.24) is 4.98 Å². The normalized spacial score (nSPS) is 12.2. The molecule has 7 nitrogen and oxygen atoms in total. The van der Waals surface area contributed by atoms with Crippen molar-refractivity contribution in [2.45, 2.75) is 32.6 Å². The highest BCUT2D eigenvalue weighted by molar-refractivity contribution is 7.89. The lowest BCUT2D eigenvalue weighted by molar-refractivity contribution is -0.148. The number of anilines is 1. The number of hydrogen-bond acceptors (Lipinski definition) is 7. The third-order valence-corrected chi connectivity index (χ3v) is 4.47. The van der Waals surface area contributed by atoms with Crippen molar-refractivity contribution in [2.75, 3.05) is 24.2 Å². The molecule has 0 amide bonds. The molecule has 0 unspecified atom stereocenters. The van der Waals surface area contributed by atoms with Crippen LogP contribution < -0.4 is 10.5 Å². The molecule has 0 aliphatic heterocycles. The van der Waals surface area contributed by atoms with Gasteiger partial charge < -0.3 is 10.1 Å². The molecule has 1 aromatic heterocycles. The van der Waals surface area contributed by atoms with Crippen LogP contribution in [0, 0.1) is 0 Å². The third kappa shape index (κ3) is 5.60. The van der Waals surface area contributed by atoms with Crippen molar-refractivity contribution < 1.29 is 17.9 Å². The standard InChI is InChI=1S/C12H21N3O4S2/c1-4-19-10(16)12(2,3)9-8-20-11(15-9)14-6-5-7-21(13,17)18/h8H,4-7H2,1-3H3,(H,14,15)(H2,13,17,18). The second-order valence-electron chi connectivity index (χ2n) is 5.03. The maximum Gasteiger partial charge on any atom is 0.317 e. The third-order valence-electron chi connectivity index (χ3n) is 2.81. The molecule has 0 saturated carbocycles. The lowest BCUT2D eigenvalue weighted by Crippen LogP contribution is -2.31. The second kappa shape index (κ2) is 7.19.